The molecule has 1 aromatic heterocycles. The second-order valence-electron chi connectivity index (χ2n) is 5.10. The van der Waals surface area contributed by atoms with Crippen LogP contribution in [0.1, 0.15) is 5.82 Å². The third-order valence-electron chi connectivity index (χ3n) is 3.24. The van der Waals surface area contributed by atoms with Crippen LogP contribution in [0.3, 0.4) is 0 Å². The standard InChI is InChI=1S/C12H21N7O/c1-9-14-11(18(3)8-10(13)20)16-12(15-9)19-6-4-17(2)5-7-19/h4-8H2,1-3H3,(H2,13,20). The topological polar surface area (TPSA) is 91.5 Å². The fourth-order valence-electron chi connectivity index (χ4n) is 2.08. The molecule has 1 saturated heterocycles. The number of carbonyl (C=O) groups is 1. The zero-order chi connectivity index (χ0) is 14.7. The van der Waals surface area contributed by atoms with Crippen LogP contribution in [0.5, 0.6) is 0 Å². The molecule has 0 unspecified atom stereocenters. The second kappa shape index (κ2) is 6.00. The van der Waals surface area contributed by atoms with Gasteiger partial charge < -0.3 is 20.4 Å². The number of amides is 1. The summed E-state index contributed by atoms with van der Waals surface area (Å²) in [6, 6.07) is 0. The monoisotopic (exact) mass is 279 g/mol. The van der Waals surface area contributed by atoms with Crippen molar-refractivity contribution in [1.82, 2.24) is 19.9 Å². The van der Waals surface area contributed by atoms with E-state index in [1.165, 1.54) is 0 Å². The zero-order valence-electron chi connectivity index (χ0n) is 12.2. The average molecular weight is 279 g/mol. The summed E-state index contributed by atoms with van der Waals surface area (Å²) in [7, 11) is 3.84. The summed E-state index contributed by atoms with van der Waals surface area (Å²) in [5, 5.41) is 0. The molecule has 1 aromatic rings. The number of carbonyl (C=O) groups excluding carboxylic acids is 1. The Morgan fingerprint density at radius 2 is 1.90 bits per heavy atom. The van der Waals surface area contributed by atoms with Gasteiger partial charge in [0, 0.05) is 33.2 Å². The Balaban J connectivity index is 2.18. The summed E-state index contributed by atoms with van der Waals surface area (Å²) in [5.41, 5.74) is 5.20. The highest BCUT2D eigenvalue weighted by atomic mass is 16.1. The van der Waals surface area contributed by atoms with Gasteiger partial charge in [-0.05, 0) is 14.0 Å². The Morgan fingerprint density at radius 1 is 1.25 bits per heavy atom. The van der Waals surface area contributed by atoms with Crippen molar-refractivity contribution in [2.24, 2.45) is 5.73 Å². The number of piperazine rings is 1. The molecule has 8 nitrogen and oxygen atoms in total. The molecule has 1 aliphatic rings. The quantitative estimate of drug-likeness (QED) is 0.744. The number of likely N-dealkylation sites (N-methyl/N-ethyl adjacent to an activating group) is 2. The molecule has 2 N–H and O–H groups in total. The summed E-state index contributed by atoms with van der Waals surface area (Å²) in [6.07, 6.45) is 0. The lowest BCUT2D eigenvalue weighted by Gasteiger charge is -2.32. The SMILES string of the molecule is Cc1nc(N(C)CC(N)=O)nc(N2CCN(C)CC2)n1. The lowest BCUT2D eigenvalue weighted by atomic mass is 10.3. The van der Waals surface area contributed by atoms with Gasteiger partial charge in [0.25, 0.3) is 0 Å². The molecule has 0 spiro atoms. The lowest BCUT2D eigenvalue weighted by Crippen LogP contribution is -2.45. The highest BCUT2D eigenvalue weighted by Crippen LogP contribution is 2.14. The second-order valence-corrected chi connectivity index (χ2v) is 5.10. The van der Waals surface area contributed by atoms with E-state index in [0.717, 1.165) is 26.2 Å². The maximum absolute atomic E-state index is 11.0. The first-order valence-corrected chi connectivity index (χ1v) is 6.61. The summed E-state index contributed by atoms with van der Waals surface area (Å²) >= 11 is 0. The molecule has 1 aliphatic heterocycles. The fourth-order valence-corrected chi connectivity index (χ4v) is 2.08. The zero-order valence-corrected chi connectivity index (χ0v) is 12.2. The maximum atomic E-state index is 11.0. The number of hydrogen-bond donors (Lipinski definition) is 1. The van der Waals surface area contributed by atoms with E-state index in [2.05, 4.69) is 31.8 Å². The molecule has 0 aliphatic carbocycles. The Morgan fingerprint density at radius 3 is 2.50 bits per heavy atom. The van der Waals surface area contributed by atoms with Crippen molar-refractivity contribution in [2.75, 3.05) is 56.6 Å². The normalized spacial score (nSPS) is 16.2. The van der Waals surface area contributed by atoms with Crippen molar-refractivity contribution in [2.45, 2.75) is 6.92 Å². The Bertz CT molecular complexity index is 485. The van der Waals surface area contributed by atoms with Crippen molar-refractivity contribution in [1.29, 1.82) is 0 Å². The van der Waals surface area contributed by atoms with Gasteiger partial charge in [-0.3, -0.25) is 4.79 Å². The van der Waals surface area contributed by atoms with Gasteiger partial charge in [0.05, 0.1) is 6.54 Å². The highest BCUT2D eigenvalue weighted by molar-refractivity contribution is 5.78. The minimum atomic E-state index is -0.410. The summed E-state index contributed by atoms with van der Waals surface area (Å²) in [6.45, 7) is 5.65. The van der Waals surface area contributed by atoms with Gasteiger partial charge in [-0.2, -0.15) is 15.0 Å². The van der Waals surface area contributed by atoms with Gasteiger partial charge in [0.1, 0.15) is 5.82 Å². The first kappa shape index (κ1) is 14.4. The van der Waals surface area contributed by atoms with Crippen LogP contribution >= 0.6 is 0 Å². The van der Waals surface area contributed by atoms with E-state index in [0.29, 0.717) is 17.7 Å². The van der Waals surface area contributed by atoms with E-state index in [-0.39, 0.29) is 6.54 Å². The van der Waals surface area contributed by atoms with Crippen molar-refractivity contribution in [3.63, 3.8) is 0 Å². The van der Waals surface area contributed by atoms with Crippen LogP contribution in [0.25, 0.3) is 0 Å². The fraction of sp³-hybridized carbons (Fsp3) is 0.667. The van der Waals surface area contributed by atoms with Crippen molar-refractivity contribution < 1.29 is 4.79 Å². The van der Waals surface area contributed by atoms with Crippen molar-refractivity contribution >= 4 is 17.8 Å². The van der Waals surface area contributed by atoms with Crippen LogP contribution < -0.4 is 15.5 Å². The van der Waals surface area contributed by atoms with Crippen LogP contribution in [0, 0.1) is 6.92 Å². The van der Waals surface area contributed by atoms with Gasteiger partial charge >= 0.3 is 0 Å². The first-order valence-electron chi connectivity index (χ1n) is 6.61. The maximum Gasteiger partial charge on any atom is 0.237 e. The first-order chi connectivity index (χ1) is 9.45. The third-order valence-corrected chi connectivity index (χ3v) is 3.24. The molecule has 0 radical (unpaired) electrons. The number of rotatable bonds is 4. The molecule has 1 amide bonds. The molecular weight excluding hydrogens is 258 g/mol. The van der Waals surface area contributed by atoms with Crippen molar-refractivity contribution in [3.05, 3.63) is 5.82 Å². The van der Waals surface area contributed by atoms with E-state index in [1.807, 2.05) is 6.92 Å². The average Bonchev–Trinajstić information content (AvgIpc) is 2.38. The predicted molar refractivity (Wildman–Crippen MR) is 76.7 cm³/mol. The van der Waals surface area contributed by atoms with Gasteiger partial charge in [-0.1, -0.05) is 0 Å². The van der Waals surface area contributed by atoms with Gasteiger partial charge in [-0.15, -0.1) is 0 Å². The number of aromatic nitrogens is 3. The summed E-state index contributed by atoms with van der Waals surface area (Å²) in [4.78, 5) is 30.1. The molecule has 110 valence electrons. The molecule has 1 fully saturated rings. The molecule has 0 bridgehead atoms. The van der Waals surface area contributed by atoms with E-state index in [1.54, 1.807) is 11.9 Å². The van der Waals surface area contributed by atoms with Crippen molar-refractivity contribution in [3.8, 4) is 0 Å². The lowest BCUT2D eigenvalue weighted by molar-refractivity contribution is -0.116. The summed E-state index contributed by atoms with van der Waals surface area (Å²) in [5.74, 6) is 1.37. The van der Waals surface area contributed by atoms with Crippen LogP contribution in [-0.4, -0.2) is 72.6 Å². The Hall–Kier alpha value is -1.96. The van der Waals surface area contributed by atoms with E-state index >= 15 is 0 Å². The molecule has 2 heterocycles. The van der Waals surface area contributed by atoms with Gasteiger partial charge in [-0.25, -0.2) is 0 Å². The largest absolute Gasteiger partial charge is 0.368 e. The molecule has 0 saturated carbocycles. The van der Waals surface area contributed by atoms with E-state index in [4.69, 9.17) is 5.73 Å². The molecule has 8 heteroatoms. The molecule has 2 rings (SSSR count). The molecule has 20 heavy (non-hydrogen) atoms. The van der Waals surface area contributed by atoms with Crippen LogP contribution in [0.4, 0.5) is 11.9 Å². The minimum Gasteiger partial charge on any atom is -0.368 e. The highest BCUT2D eigenvalue weighted by Gasteiger charge is 2.19. The van der Waals surface area contributed by atoms with Gasteiger partial charge in [0.15, 0.2) is 0 Å². The number of nitrogens with two attached hydrogens (primary N) is 1. The third kappa shape index (κ3) is 3.53. The number of aryl methyl sites for hydroxylation is 1. The number of primary amides is 1. The molecule has 0 aromatic carbocycles. The smallest absolute Gasteiger partial charge is 0.237 e. The number of hydrogen-bond acceptors (Lipinski definition) is 7. The van der Waals surface area contributed by atoms with E-state index < -0.39 is 5.91 Å². The van der Waals surface area contributed by atoms with Crippen LogP contribution in [0.2, 0.25) is 0 Å². The molecule has 0 atom stereocenters. The van der Waals surface area contributed by atoms with Crippen LogP contribution in [-0.2, 0) is 4.79 Å². The Kier molecular flexibility index (Phi) is 4.33. The van der Waals surface area contributed by atoms with Gasteiger partial charge in [0.2, 0.25) is 17.8 Å². The number of nitrogens with zero attached hydrogens (tertiary/aromatic N) is 6. The predicted octanol–water partition coefficient (Wildman–Crippen LogP) is -1.15. The van der Waals surface area contributed by atoms with E-state index in [9.17, 15) is 4.79 Å². The minimum absolute atomic E-state index is 0.0889. The van der Waals surface area contributed by atoms with Crippen LogP contribution in [0.15, 0.2) is 0 Å². The number of anilines is 2. The molecular formula is C12H21N7O. The summed E-state index contributed by atoms with van der Waals surface area (Å²) < 4.78 is 0. The Labute approximate surface area is 118 Å².